The van der Waals surface area contributed by atoms with Crippen LogP contribution in [-0.4, -0.2) is 58.5 Å². The number of aliphatic carboxylic acids is 1. The minimum Gasteiger partial charge on any atom is -0.480 e. The highest BCUT2D eigenvalue weighted by atomic mass is 16.4. The average molecular weight is 480 g/mol. The van der Waals surface area contributed by atoms with E-state index in [2.05, 4.69) is 20.9 Å². The molecule has 184 valence electrons. The van der Waals surface area contributed by atoms with Crippen molar-refractivity contribution in [3.8, 4) is 0 Å². The van der Waals surface area contributed by atoms with Crippen LogP contribution in [-0.2, 0) is 32.0 Å². The molecular weight excluding hydrogens is 450 g/mol. The number of aromatic amines is 1. The first-order chi connectivity index (χ1) is 16.7. The number of carboxylic acid groups (broad SMARTS) is 1. The van der Waals surface area contributed by atoms with E-state index in [1.165, 1.54) is 6.92 Å². The zero-order chi connectivity index (χ0) is 25.4. The molecule has 10 nitrogen and oxygen atoms in total. The molecule has 0 aliphatic rings. The van der Waals surface area contributed by atoms with Crippen LogP contribution in [0.5, 0.6) is 0 Å². The Balaban J connectivity index is 1.64. The average Bonchev–Trinajstić information content (AvgIpc) is 3.25. The molecule has 7 N–H and O–H groups in total. The smallest absolute Gasteiger partial charge is 0.326 e. The molecule has 0 radical (unpaired) electrons. The number of nitrogens with one attached hydrogen (secondary N) is 4. The summed E-state index contributed by atoms with van der Waals surface area (Å²) in [5.74, 6) is -2.95. The van der Waals surface area contributed by atoms with E-state index in [4.69, 9.17) is 5.73 Å². The van der Waals surface area contributed by atoms with Crippen LogP contribution in [0.25, 0.3) is 10.9 Å². The fraction of sp³-hybridized carbons (Fsp3) is 0.280. The van der Waals surface area contributed by atoms with Crippen molar-refractivity contribution in [2.24, 2.45) is 5.73 Å². The predicted octanol–water partition coefficient (Wildman–Crippen LogP) is 0.471. The van der Waals surface area contributed by atoms with Crippen molar-refractivity contribution in [2.45, 2.75) is 37.9 Å². The third kappa shape index (κ3) is 7.15. The zero-order valence-electron chi connectivity index (χ0n) is 19.3. The van der Waals surface area contributed by atoms with Crippen molar-refractivity contribution < 1.29 is 24.3 Å². The standard InChI is InChI=1S/C25H29N5O5/c1-15(26)23(32)30-20(12-17-13-27-19-10-6-5-9-18(17)19)24(33)28-14-22(31)29-21(25(34)35)11-16-7-3-2-4-8-16/h2-10,13,15,20-21,27H,11-12,14,26H2,1H3,(H,28,33)(H,29,31)(H,30,32)(H,34,35). The number of aromatic nitrogens is 1. The number of carbonyl (C=O) groups excluding carboxylic acids is 3. The van der Waals surface area contributed by atoms with Gasteiger partial charge in [0.1, 0.15) is 12.1 Å². The lowest BCUT2D eigenvalue weighted by Crippen LogP contribution is -2.54. The Bertz CT molecular complexity index is 1190. The van der Waals surface area contributed by atoms with Crippen molar-refractivity contribution in [3.05, 3.63) is 71.9 Å². The topological polar surface area (TPSA) is 166 Å². The van der Waals surface area contributed by atoms with Gasteiger partial charge in [0.15, 0.2) is 0 Å². The van der Waals surface area contributed by atoms with Crippen molar-refractivity contribution in [3.63, 3.8) is 0 Å². The molecule has 0 aliphatic carbocycles. The van der Waals surface area contributed by atoms with Crippen LogP contribution in [0.1, 0.15) is 18.1 Å². The van der Waals surface area contributed by atoms with E-state index in [9.17, 15) is 24.3 Å². The molecule has 1 aromatic heterocycles. The quantitative estimate of drug-likeness (QED) is 0.234. The van der Waals surface area contributed by atoms with E-state index >= 15 is 0 Å². The lowest BCUT2D eigenvalue weighted by Gasteiger charge is -2.20. The number of rotatable bonds is 11. The van der Waals surface area contributed by atoms with Gasteiger partial charge in [-0.1, -0.05) is 48.5 Å². The normalized spacial score (nSPS) is 13.4. The Morgan fingerprint density at radius 2 is 1.60 bits per heavy atom. The van der Waals surface area contributed by atoms with Crippen LogP contribution in [0.15, 0.2) is 60.8 Å². The molecule has 3 aromatic rings. The van der Waals surface area contributed by atoms with Gasteiger partial charge in [-0.15, -0.1) is 0 Å². The lowest BCUT2D eigenvalue weighted by atomic mass is 10.0. The molecule has 0 fully saturated rings. The third-order valence-corrected chi connectivity index (χ3v) is 5.48. The highest BCUT2D eigenvalue weighted by Gasteiger charge is 2.25. The fourth-order valence-corrected chi connectivity index (χ4v) is 3.62. The molecule has 0 spiro atoms. The first kappa shape index (κ1) is 25.4. The number of hydrogen-bond acceptors (Lipinski definition) is 5. The van der Waals surface area contributed by atoms with E-state index in [0.717, 1.165) is 22.0 Å². The first-order valence-electron chi connectivity index (χ1n) is 11.2. The van der Waals surface area contributed by atoms with Gasteiger partial charge in [0.05, 0.1) is 12.6 Å². The van der Waals surface area contributed by atoms with Gasteiger partial charge in [0, 0.05) is 29.9 Å². The minimum absolute atomic E-state index is 0.101. The monoisotopic (exact) mass is 479 g/mol. The zero-order valence-corrected chi connectivity index (χ0v) is 19.3. The molecule has 1 heterocycles. The Morgan fingerprint density at radius 1 is 0.914 bits per heavy atom. The molecular formula is C25H29N5O5. The summed E-state index contributed by atoms with van der Waals surface area (Å²) in [6.07, 6.45) is 2.03. The summed E-state index contributed by atoms with van der Waals surface area (Å²) in [5, 5.41) is 17.9. The summed E-state index contributed by atoms with van der Waals surface area (Å²) >= 11 is 0. The van der Waals surface area contributed by atoms with Crippen LogP contribution in [0, 0.1) is 0 Å². The van der Waals surface area contributed by atoms with Crippen LogP contribution in [0.2, 0.25) is 0 Å². The molecule has 0 bridgehead atoms. The van der Waals surface area contributed by atoms with Gasteiger partial charge < -0.3 is 31.8 Å². The molecule has 35 heavy (non-hydrogen) atoms. The van der Waals surface area contributed by atoms with E-state index < -0.39 is 48.4 Å². The molecule has 3 amide bonds. The maximum absolute atomic E-state index is 12.9. The van der Waals surface area contributed by atoms with Gasteiger partial charge in [-0.05, 0) is 24.1 Å². The van der Waals surface area contributed by atoms with Crippen LogP contribution in [0.4, 0.5) is 0 Å². The van der Waals surface area contributed by atoms with Crippen molar-refractivity contribution in [2.75, 3.05) is 6.54 Å². The highest BCUT2D eigenvalue weighted by molar-refractivity contribution is 5.93. The summed E-state index contributed by atoms with van der Waals surface area (Å²) in [6.45, 7) is 1.05. The van der Waals surface area contributed by atoms with Gasteiger partial charge in [0.25, 0.3) is 0 Å². The Morgan fingerprint density at radius 3 is 2.29 bits per heavy atom. The van der Waals surface area contributed by atoms with Crippen LogP contribution >= 0.6 is 0 Å². The van der Waals surface area contributed by atoms with Gasteiger partial charge in [-0.3, -0.25) is 14.4 Å². The van der Waals surface area contributed by atoms with E-state index in [0.29, 0.717) is 0 Å². The van der Waals surface area contributed by atoms with Crippen molar-refractivity contribution in [1.82, 2.24) is 20.9 Å². The Kier molecular flexibility index (Phi) is 8.58. The molecule has 2 aromatic carbocycles. The lowest BCUT2D eigenvalue weighted by molar-refractivity contribution is -0.141. The molecule has 3 unspecified atom stereocenters. The first-order valence-corrected chi connectivity index (χ1v) is 11.2. The second-order valence-corrected chi connectivity index (χ2v) is 8.28. The van der Waals surface area contributed by atoms with Gasteiger partial charge in [-0.25, -0.2) is 4.79 Å². The molecule has 3 atom stereocenters. The summed E-state index contributed by atoms with van der Waals surface area (Å²) in [7, 11) is 0. The highest BCUT2D eigenvalue weighted by Crippen LogP contribution is 2.19. The summed E-state index contributed by atoms with van der Waals surface area (Å²) in [4.78, 5) is 52.2. The summed E-state index contributed by atoms with van der Waals surface area (Å²) in [5.41, 5.74) is 8.09. The number of H-pyrrole nitrogens is 1. The number of hydrogen-bond donors (Lipinski definition) is 6. The maximum Gasteiger partial charge on any atom is 0.326 e. The number of fused-ring (bicyclic) bond motifs is 1. The number of benzene rings is 2. The molecule has 3 rings (SSSR count). The van der Waals surface area contributed by atoms with Crippen LogP contribution < -0.4 is 21.7 Å². The second kappa shape index (κ2) is 11.8. The van der Waals surface area contributed by atoms with E-state index in [-0.39, 0.29) is 12.8 Å². The number of amides is 3. The molecule has 0 saturated carbocycles. The third-order valence-electron chi connectivity index (χ3n) is 5.48. The number of carbonyl (C=O) groups is 4. The summed E-state index contributed by atoms with van der Waals surface area (Å²) < 4.78 is 0. The molecule has 0 saturated heterocycles. The Hall–Kier alpha value is -4.18. The maximum atomic E-state index is 12.9. The molecule has 10 heteroatoms. The second-order valence-electron chi connectivity index (χ2n) is 8.28. The minimum atomic E-state index is -1.19. The SMILES string of the molecule is CC(N)C(=O)NC(Cc1c[nH]c2ccccc12)C(=O)NCC(=O)NC(Cc1ccccc1)C(=O)O. The fourth-order valence-electron chi connectivity index (χ4n) is 3.62. The molecule has 0 aliphatic heterocycles. The predicted molar refractivity (Wildman–Crippen MR) is 130 cm³/mol. The van der Waals surface area contributed by atoms with Crippen molar-refractivity contribution >= 4 is 34.6 Å². The van der Waals surface area contributed by atoms with Gasteiger partial charge in [0.2, 0.25) is 17.7 Å². The van der Waals surface area contributed by atoms with E-state index in [1.54, 1.807) is 30.5 Å². The van der Waals surface area contributed by atoms with E-state index in [1.807, 2.05) is 30.3 Å². The van der Waals surface area contributed by atoms with Crippen molar-refractivity contribution in [1.29, 1.82) is 0 Å². The number of para-hydroxylation sites is 1. The largest absolute Gasteiger partial charge is 0.480 e. The van der Waals surface area contributed by atoms with Gasteiger partial charge in [-0.2, -0.15) is 0 Å². The van der Waals surface area contributed by atoms with Crippen LogP contribution in [0.3, 0.4) is 0 Å². The Labute approximate surface area is 202 Å². The number of nitrogens with two attached hydrogens (primary N) is 1. The summed E-state index contributed by atoms with van der Waals surface area (Å²) in [6, 6.07) is 13.5. The van der Waals surface area contributed by atoms with Gasteiger partial charge >= 0.3 is 5.97 Å². The number of carboxylic acids is 1.